The van der Waals surface area contributed by atoms with Crippen molar-refractivity contribution in [3.8, 4) is 0 Å². The highest BCUT2D eigenvalue weighted by Gasteiger charge is 1.88. The fraction of sp³-hybridized carbons (Fsp3) is 0.125. The quantitative estimate of drug-likeness (QED) is 0.563. The summed E-state index contributed by atoms with van der Waals surface area (Å²) in [4.78, 5) is 0. The number of hydrogen-bond acceptors (Lipinski definition) is 0. The lowest BCUT2D eigenvalue weighted by Crippen LogP contribution is -1.88. The summed E-state index contributed by atoms with van der Waals surface area (Å²) < 4.78 is 1.97. The van der Waals surface area contributed by atoms with Crippen molar-refractivity contribution in [2.24, 2.45) is 0 Å². The third-order valence-corrected chi connectivity index (χ3v) is 1.26. The Hall–Kier alpha value is -0.980. The van der Waals surface area contributed by atoms with Crippen LogP contribution < -0.4 is 0 Å². The maximum atomic E-state index is 3.82. The Bertz CT molecular complexity index is 184. The van der Waals surface area contributed by atoms with Crippen LogP contribution in [0.1, 0.15) is 6.42 Å². The van der Waals surface area contributed by atoms with E-state index in [-0.39, 0.29) is 0 Å². The Morgan fingerprint density at radius 2 is 1.89 bits per heavy atom. The van der Waals surface area contributed by atoms with Crippen LogP contribution in [0.5, 0.6) is 0 Å². The van der Waals surface area contributed by atoms with Gasteiger partial charge < -0.3 is 4.57 Å². The summed E-state index contributed by atoms with van der Waals surface area (Å²) in [6.45, 7) is 7.54. The van der Waals surface area contributed by atoms with Crippen molar-refractivity contribution in [1.29, 1.82) is 0 Å². The molecule has 0 atom stereocenters. The maximum absolute atomic E-state index is 3.82. The van der Waals surface area contributed by atoms with Crippen LogP contribution >= 0.6 is 0 Å². The van der Waals surface area contributed by atoms with Gasteiger partial charge in [0.25, 0.3) is 0 Å². The van der Waals surface area contributed by atoms with Crippen LogP contribution in [0.15, 0.2) is 31.1 Å². The monoisotopic (exact) mass is 120 g/mol. The van der Waals surface area contributed by atoms with E-state index in [2.05, 4.69) is 13.5 Å². The van der Waals surface area contributed by atoms with Crippen LogP contribution in [0, 0.1) is 6.92 Å². The molecule has 0 fully saturated rings. The smallest absolute Gasteiger partial charge is 0.0148 e. The van der Waals surface area contributed by atoms with Gasteiger partial charge in [-0.3, -0.25) is 0 Å². The molecule has 0 aliphatic carbocycles. The SMILES string of the molecule is [CH2]CC(=C)n1cccc1. The number of nitrogens with zero attached hydrogens (tertiary/aromatic N) is 1. The maximum Gasteiger partial charge on any atom is 0.0148 e. The van der Waals surface area contributed by atoms with Crippen molar-refractivity contribution in [3.63, 3.8) is 0 Å². The molecule has 1 rings (SSSR count). The third kappa shape index (κ3) is 1.22. The fourth-order valence-corrected chi connectivity index (χ4v) is 0.674. The first-order valence-corrected chi connectivity index (χ1v) is 2.95. The Balaban J connectivity index is 2.77. The van der Waals surface area contributed by atoms with Crippen LogP contribution in [0.4, 0.5) is 0 Å². The van der Waals surface area contributed by atoms with Crippen LogP contribution in [0.2, 0.25) is 0 Å². The molecule has 0 saturated heterocycles. The molecular formula is C8H10N. The highest BCUT2D eigenvalue weighted by Crippen LogP contribution is 2.04. The molecule has 1 aromatic heterocycles. The molecule has 0 aliphatic rings. The molecule has 47 valence electrons. The number of rotatable bonds is 2. The lowest BCUT2D eigenvalue weighted by Gasteiger charge is -2.00. The fourth-order valence-electron chi connectivity index (χ4n) is 0.674. The van der Waals surface area contributed by atoms with Crippen LogP contribution in [0.25, 0.3) is 5.70 Å². The molecule has 1 heterocycles. The van der Waals surface area contributed by atoms with Gasteiger partial charge in [0.05, 0.1) is 0 Å². The molecule has 0 bridgehead atoms. The van der Waals surface area contributed by atoms with E-state index in [1.165, 1.54) is 0 Å². The minimum atomic E-state index is 0.759. The standard InChI is InChI=1S/C8H10N/c1-3-8(2)9-6-4-5-7-9/h4-7H,1-3H2. The summed E-state index contributed by atoms with van der Waals surface area (Å²) in [5.74, 6) is 0. The van der Waals surface area contributed by atoms with Gasteiger partial charge in [-0.15, -0.1) is 0 Å². The Kier molecular flexibility index (Phi) is 1.73. The second-order valence-electron chi connectivity index (χ2n) is 1.91. The molecule has 1 aromatic rings. The van der Waals surface area contributed by atoms with Gasteiger partial charge in [0, 0.05) is 18.1 Å². The van der Waals surface area contributed by atoms with E-state index in [9.17, 15) is 0 Å². The summed E-state index contributed by atoms with van der Waals surface area (Å²) in [5, 5.41) is 0. The highest BCUT2D eigenvalue weighted by atomic mass is 14.9. The zero-order valence-electron chi connectivity index (χ0n) is 5.38. The predicted molar refractivity (Wildman–Crippen MR) is 39.7 cm³/mol. The van der Waals surface area contributed by atoms with Crippen molar-refractivity contribution in [2.75, 3.05) is 0 Å². The molecule has 0 N–H and O–H groups in total. The zero-order chi connectivity index (χ0) is 6.69. The lowest BCUT2D eigenvalue weighted by molar-refractivity contribution is 1.06. The van der Waals surface area contributed by atoms with Crippen LogP contribution in [0.3, 0.4) is 0 Å². The van der Waals surface area contributed by atoms with Crippen molar-refractivity contribution in [2.45, 2.75) is 6.42 Å². The second-order valence-corrected chi connectivity index (χ2v) is 1.91. The average molecular weight is 120 g/mol. The average Bonchev–Trinajstić information content (AvgIpc) is 2.37. The number of aromatic nitrogens is 1. The van der Waals surface area contributed by atoms with Gasteiger partial charge in [-0.1, -0.05) is 6.58 Å². The first-order chi connectivity index (χ1) is 4.34. The lowest BCUT2D eigenvalue weighted by atomic mass is 10.4. The van der Waals surface area contributed by atoms with E-state index >= 15 is 0 Å². The molecule has 9 heavy (non-hydrogen) atoms. The van der Waals surface area contributed by atoms with E-state index < -0.39 is 0 Å². The van der Waals surface area contributed by atoms with E-state index in [1.54, 1.807) is 0 Å². The molecule has 0 unspecified atom stereocenters. The molecular weight excluding hydrogens is 110 g/mol. The Morgan fingerprint density at radius 1 is 1.33 bits per heavy atom. The predicted octanol–water partition coefficient (Wildman–Crippen LogP) is 2.18. The summed E-state index contributed by atoms with van der Waals surface area (Å²) in [6, 6.07) is 3.95. The first-order valence-electron chi connectivity index (χ1n) is 2.95. The summed E-state index contributed by atoms with van der Waals surface area (Å²) >= 11 is 0. The largest absolute Gasteiger partial charge is 0.328 e. The summed E-state index contributed by atoms with van der Waals surface area (Å²) in [7, 11) is 0. The van der Waals surface area contributed by atoms with E-state index in [0.717, 1.165) is 12.1 Å². The van der Waals surface area contributed by atoms with Crippen LogP contribution in [-0.2, 0) is 0 Å². The van der Waals surface area contributed by atoms with Gasteiger partial charge in [-0.05, 0) is 25.5 Å². The second kappa shape index (κ2) is 2.53. The minimum Gasteiger partial charge on any atom is -0.328 e. The van der Waals surface area contributed by atoms with Crippen LogP contribution in [-0.4, -0.2) is 4.57 Å². The van der Waals surface area contributed by atoms with Crippen molar-refractivity contribution < 1.29 is 0 Å². The molecule has 0 spiro atoms. The van der Waals surface area contributed by atoms with Gasteiger partial charge in [0.15, 0.2) is 0 Å². The molecule has 0 aromatic carbocycles. The molecule has 1 heteroatoms. The van der Waals surface area contributed by atoms with Gasteiger partial charge in [0.2, 0.25) is 0 Å². The van der Waals surface area contributed by atoms with E-state index in [1.807, 2.05) is 29.1 Å². The first kappa shape index (κ1) is 6.14. The Labute approximate surface area is 55.6 Å². The van der Waals surface area contributed by atoms with Gasteiger partial charge in [0.1, 0.15) is 0 Å². The molecule has 1 radical (unpaired) electrons. The van der Waals surface area contributed by atoms with E-state index in [0.29, 0.717) is 0 Å². The Morgan fingerprint density at radius 3 is 2.33 bits per heavy atom. The highest BCUT2D eigenvalue weighted by molar-refractivity contribution is 5.41. The van der Waals surface area contributed by atoms with Crippen molar-refractivity contribution in [3.05, 3.63) is 38.0 Å². The number of hydrogen-bond donors (Lipinski definition) is 0. The summed E-state index contributed by atoms with van der Waals surface area (Å²) in [5.41, 5.74) is 1.03. The van der Waals surface area contributed by atoms with Crippen molar-refractivity contribution in [1.82, 2.24) is 4.57 Å². The minimum absolute atomic E-state index is 0.759. The number of allylic oxidation sites excluding steroid dienone is 1. The van der Waals surface area contributed by atoms with E-state index in [4.69, 9.17) is 0 Å². The van der Waals surface area contributed by atoms with Gasteiger partial charge in [-0.2, -0.15) is 0 Å². The molecule has 1 nitrogen and oxygen atoms in total. The molecule has 0 saturated carbocycles. The topological polar surface area (TPSA) is 4.93 Å². The molecule has 0 amide bonds. The zero-order valence-corrected chi connectivity index (χ0v) is 5.38. The third-order valence-electron chi connectivity index (χ3n) is 1.26. The van der Waals surface area contributed by atoms with Gasteiger partial charge >= 0.3 is 0 Å². The summed E-state index contributed by atoms with van der Waals surface area (Å²) in [6.07, 6.45) is 4.69. The van der Waals surface area contributed by atoms with Gasteiger partial charge in [-0.25, -0.2) is 0 Å². The molecule has 0 aliphatic heterocycles. The normalized spacial score (nSPS) is 9.44. The van der Waals surface area contributed by atoms with Crippen molar-refractivity contribution >= 4 is 5.70 Å².